The number of hydrogen-bond acceptors (Lipinski definition) is 7. The molecule has 0 bridgehead atoms. The van der Waals surface area contributed by atoms with Gasteiger partial charge in [0.15, 0.2) is 0 Å². The number of hydrogen-bond donors (Lipinski definition) is 2. The third-order valence-electron chi connectivity index (χ3n) is 3.20. The molecule has 2 unspecified atom stereocenters. The van der Waals surface area contributed by atoms with Gasteiger partial charge in [0.05, 0.1) is 18.1 Å². The van der Waals surface area contributed by atoms with Gasteiger partial charge in [-0.2, -0.15) is 26.3 Å². The Morgan fingerprint density at radius 2 is 1.57 bits per heavy atom. The third-order valence-corrected chi connectivity index (χ3v) is 4.21. The summed E-state index contributed by atoms with van der Waals surface area (Å²) in [5, 5.41) is 20.1. The van der Waals surface area contributed by atoms with Crippen LogP contribution in [0.2, 0.25) is 0 Å². The van der Waals surface area contributed by atoms with E-state index in [0.717, 1.165) is 0 Å². The fraction of sp³-hybridized carbons (Fsp3) is 0.900. The fourth-order valence-corrected chi connectivity index (χ4v) is 2.46. The summed E-state index contributed by atoms with van der Waals surface area (Å²) < 4.78 is 80.2. The highest BCUT2D eigenvalue weighted by atomic mass is 32.2. The zero-order valence-corrected chi connectivity index (χ0v) is 12.0. The second-order valence-electron chi connectivity index (χ2n) is 4.70. The summed E-state index contributed by atoms with van der Waals surface area (Å²) in [5.74, 6) is -2.72. The maximum Gasteiger partial charge on any atom is 0.425 e. The number of carbonyl (C=O) groups excluding carboxylic acids is 1. The standard InChI is InChI=1S/C10H12F6O6S/c11-9(12,13)8(10(14,15)16,23-22-21-19)7(18)20-6-4-2-1-3-5(6)17/h5-6,17,19H,1-4H2. The minimum absolute atomic E-state index is 0.0758. The lowest BCUT2D eigenvalue weighted by atomic mass is 9.94. The van der Waals surface area contributed by atoms with Crippen LogP contribution in [0.25, 0.3) is 0 Å². The molecule has 0 aromatic rings. The van der Waals surface area contributed by atoms with Crippen molar-refractivity contribution >= 4 is 18.0 Å². The van der Waals surface area contributed by atoms with Gasteiger partial charge in [0.2, 0.25) is 0 Å². The molecular weight excluding hydrogens is 362 g/mol. The number of alkyl halides is 6. The van der Waals surface area contributed by atoms with E-state index >= 15 is 0 Å². The largest absolute Gasteiger partial charge is 0.458 e. The topological polar surface area (TPSA) is 85.2 Å². The molecule has 1 aliphatic carbocycles. The number of esters is 1. The van der Waals surface area contributed by atoms with E-state index in [1.54, 1.807) is 0 Å². The molecule has 0 saturated heterocycles. The molecule has 0 spiro atoms. The normalized spacial score (nSPS) is 23.7. The molecule has 0 aliphatic heterocycles. The Bertz CT molecular complexity index is 400. The van der Waals surface area contributed by atoms with E-state index in [1.165, 1.54) is 0 Å². The number of carbonyl (C=O) groups is 1. The number of halogens is 6. The fourth-order valence-electron chi connectivity index (χ4n) is 2.02. The van der Waals surface area contributed by atoms with E-state index in [4.69, 9.17) is 5.26 Å². The first-order valence-corrected chi connectivity index (χ1v) is 6.90. The molecule has 0 aromatic carbocycles. The first kappa shape index (κ1) is 20.3. The molecule has 0 amide bonds. The van der Waals surface area contributed by atoms with Gasteiger partial charge in [-0.15, -0.1) is 4.33 Å². The Morgan fingerprint density at radius 1 is 1.04 bits per heavy atom. The van der Waals surface area contributed by atoms with E-state index in [2.05, 4.69) is 14.1 Å². The van der Waals surface area contributed by atoms with Crippen LogP contribution in [0.1, 0.15) is 25.7 Å². The SMILES string of the molecule is O=C(OC1CCCCC1O)C(SOOO)(C(F)(F)F)C(F)(F)F. The molecule has 2 atom stereocenters. The number of rotatable bonds is 5. The van der Waals surface area contributed by atoms with Gasteiger partial charge in [0, 0.05) is 0 Å². The van der Waals surface area contributed by atoms with E-state index in [1.807, 2.05) is 0 Å². The van der Waals surface area contributed by atoms with E-state index < -0.39 is 47.3 Å². The second-order valence-corrected chi connectivity index (χ2v) is 5.61. The second kappa shape index (κ2) is 7.42. The van der Waals surface area contributed by atoms with Crippen molar-refractivity contribution in [2.45, 2.75) is 55.0 Å². The van der Waals surface area contributed by atoms with E-state index in [-0.39, 0.29) is 12.8 Å². The lowest BCUT2D eigenvalue weighted by molar-refractivity contribution is -0.434. The van der Waals surface area contributed by atoms with E-state index in [0.29, 0.717) is 12.8 Å². The highest BCUT2D eigenvalue weighted by Gasteiger charge is 2.79. The molecule has 23 heavy (non-hydrogen) atoms. The van der Waals surface area contributed by atoms with Gasteiger partial charge < -0.3 is 9.84 Å². The highest BCUT2D eigenvalue weighted by Crippen LogP contribution is 2.53. The Labute approximate surface area is 129 Å². The lowest BCUT2D eigenvalue weighted by Gasteiger charge is -2.35. The van der Waals surface area contributed by atoms with Gasteiger partial charge in [-0.25, -0.2) is 10.1 Å². The van der Waals surface area contributed by atoms with Crippen LogP contribution in [0.5, 0.6) is 0 Å². The summed E-state index contributed by atoms with van der Waals surface area (Å²) in [6.07, 6.45) is -14.4. The van der Waals surface area contributed by atoms with Crippen LogP contribution in [-0.2, 0) is 18.9 Å². The molecule has 0 aromatic heterocycles. The Morgan fingerprint density at radius 3 is 2.00 bits per heavy atom. The molecule has 1 aliphatic rings. The minimum atomic E-state index is -6.18. The van der Waals surface area contributed by atoms with Crippen molar-refractivity contribution in [1.82, 2.24) is 0 Å². The highest BCUT2D eigenvalue weighted by molar-refractivity contribution is 7.96. The molecule has 0 radical (unpaired) electrons. The number of ether oxygens (including phenoxy) is 1. The third kappa shape index (κ3) is 4.21. The first-order valence-electron chi connectivity index (χ1n) is 6.16. The van der Waals surface area contributed by atoms with Crippen molar-refractivity contribution in [1.29, 1.82) is 0 Å². The number of aliphatic hydroxyl groups excluding tert-OH is 1. The van der Waals surface area contributed by atoms with Crippen molar-refractivity contribution in [2.24, 2.45) is 0 Å². The smallest absolute Gasteiger partial charge is 0.425 e. The average molecular weight is 374 g/mol. The van der Waals surface area contributed by atoms with Gasteiger partial charge in [-0.1, -0.05) is 11.5 Å². The molecule has 6 nitrogen and oxygen atoms in total. The number of aliphatic hydroxyl groups is 1. The summed E-state index contributed by atoms with van der Waals surface area (Å²) >= 11 is -1.50. The van der Waals surface area contributed by atoms with E-state index in [9.17, 15) is 36.2 Å². The minimum Gasteiger partial charge on any atom is -0.458 e. The summed E-state index contributed by atoms with van der Waals surface area (Å²) in [6, 6.07) is 0. The summed E-state index contributed by atoms with van der Waals surface area (Å²) in [7, 11) is 0. The summed E-state index contributed by atoms with van der Waals surface area (Å²) in [6.45, 7) is 0. The zero-order chi connectivity index (χ0) is 17.9. The van der Waals surface area contributed by atoms with Gasteiger partial charge in [-0.05, 0) is 19.3 Å². The molecular formula is C10H12F6O6S. The molecule has 1 fully saturated rings. The lowest BCUT2D eigenvalue weighted by Crippen LogP contribution is -2.61. The Hall–Kier alpha value is -0.760. The maximum absolute atomic E-state index is 13.0. The molecule has 1 rings (SSSR count). The van der Waals surface area contributed by atoms with Gasteiger partial charge >= 0.3 is 23.1 Å². The molecule has 136 valence electrons. The van der Waals surface area contributed by atoms with Crippen LogP contribution < -0.4 is 0 Å². The van der Waals surface area contributed by atoms with Crippen LogP contribution in [0.15, 0.2) is 0 Å². The van der Waals surface area contributed by atoms with Crippen molar-refractivity contribution in [3.05, 3.63) is 0 Å². The zero-order valence-electron chi connectivity index (χ0n) is 11.2. The Kier molecular flexibility index (Phi) is 6.55. The molecule has 13 heteroatoms. The monoisotopic (exact) mass is 374 g/mol. The predicted octanol–water partition coefficient (Wildman–Crippen LogP) is 2.77. The molecule has 1 saturated carbocycles. The predicted molar refractivity (Wildman–Crippen MR) is 61.6 cm³/mol. The van der Waals surface area contributed by atoms with Crippen LogP contribution in [-0.4, -0.2) is 45.6 Å². The quantitative estimate of drug-likeness (QED) is 0.252. The van der Waals surface area contributed by atoms with Crippen LogP contribution in [0, 0.1) is 0 Å². The maximum atomic E-state index is 13.0. The molecule has 0 heterocycles. The van der Waals surface area contributed by atoms with Crippen molar-refractivity contribution in [3.8, 4) is 0 Å². The first-order chi connectivity index (χ1) is 10.5. The summed E-state index contributed by atoms with van der Waals surface area (Å²) in [5.41, 5.74) is 0. The molecule has 2 N–H and O–H groups in total. The van der Waals surface area contributed by atoms with Crippen LogP contribution in [0.4, 0.5) is 26.3 Å². The van der Waals surface area contributed by atoms with Crippen LogP contribution in [0.3, 0.4) is 0 Å². The Balaban J connectivity index is 3.13. The van der Waals surface area contributed by atoms with Crippen molar-refractivity contribution < 1.29 is 55.6 Å². The summed E-state index contributed by atoms with van der Waals surface area (Å²) in [4.78, 5) is 11.7. The van der Waals surface area contributed by atoms with Crippen molar-refractivity contribution in [3.63, 3.8) is 0 Å². The van der Waals surface area contributed by atoms with Gasteiger partial charge in [0.1, 0.15) is 6.10 Å². The van der Waals surface area contributed by atoms with Gasteiger partial charge in [-0.3, -0.25) is 0 Å². The van der Waals surface area contributed by atoms with Crippen LogP contribution >= 0.6 is 12.0 Å². The average Bonchev–Trinajstić information content (AvgIpc) is 2.39. The van der Waals surface area contributed by atoms with Gasteiger partial charge in [0.25, 0.3) is 0 Å². The van der Waals surface area contributed by atoms with Crippen molar-refractivity contribution in [2.75, 3.05) is 0 Å².